The summed E-state index contributed by atoms with van der Waals surface area (Å²) in [7, 11) is -3.65. The van der Waals surface area contributed by atoms with Gasteiger partial charge >= 0.3 is 0 Å². The van der Waals surface area contributed by atoms with Crippen LogP contribution in [-0.4, -0.2) is 14.5 Å². The Balaban J connectivity index is 2.70. The number of hydrogen-bond acceptors (Lipinski definition) is 3. The first-order valence-electron chi connectivity index (χ1n) is 6.43. The average Bonchev–Trinajstić information content (AvgIpc) is 2.31. The van der Waals surface area contributed by atoms with E-state index < -0.39 is 10.0 Å². The highest BCUT2D eigenvalue weighted by molar-refractivity contribution is 9.10. The van der Waals surface area contributed by atoms with E-state index >= 15 is 0 Å². The third-order valence-electron chi connectivity index (χ3n) is 2.91. The zero-order chi connectivity index (χ0) is 14.5. The molecule has 1 unspecified atom stereocenters. The zero-order valence-electron chi connectivity index (χ0n) is 11.3. The van der Waals surface area contributed by atoms with Gasteiger partial charge in [-0.3, -0.25) is 0 Å². The van der Waals surface area contributed by atoms with E-state index in [9.17, 15) is 8.42 Å². The van der Waals surface area contributed by atoms with Crippen molar-refractivity contribution in [1.82, 2.24) is 0 Å². The SMILES string of the molecule is CCCCCC(C)Nc1ccc(S(N)(=O)=O)cc1Br. The standard InChI is InChI=1S/C13H21BrN2O2S/c1-3-4-5-6-10(2)16-13-8-7-11(9-12(13)14)19(15,17)18/h7-10,16H,3-6H2,1-2H3,(H2,15,17,18). The Morgan fingerprint density at radius 3 is 2.58 bits per heavy atom. The summed E-state index contributed by atoms with van der Waals surface area (Å²) in [4.78, 5) is 0.114. The number of halogens is 1. The quantitative estimate of drug-likeness (QED) is 0.741. The second-order valence-electron chi connectivity index (χ2n) is 4.73. The molecule has 108 valence electrons. The van der Waals surface area contributed by atoms with Crippen molar-refractivity contribution in [2.75, 3.05) is 5.32 Å². The second kappa shape index (κ2) is 7.26. The first-order chi connectivity index (χ1) is 8.84. The van der Waals surface area contributed by atoms with Crippen LogP contribution in [-0.2, 0) is 10.0 Å². The van der Waals surface area contributed by atoms with Gasteiger partial charge in [0, 0.05) is 16.2 Å². The van der Waals surface area contributed by atoms with Crippen molar-refractivity contribution in [2.45, 2.75) is 50.5 Å². The van der Waals surface area contributed by atoms with Crippen LogP contribution in [0, 0.1) is 0 Å². The van der Waals surface area contributed by atoms with E-state index in [0.29, 0.717) is 10.5 Å². The number of primary sulfonamides is 1. The molecular weight excluding hydrogens is 328 g/mol. The number of sulfonamides is 1. The maximum absolute atomic E-state index is 11.2. The summed E-state index contributed by atoms with van der Waals surface area (Å²) in [6.45, 7) is 4.30. The van der Waals surface area contributed by atoms with Crippen molar-refractivity contribution in [3.05, 3.63) is 22.7 Å². The lowest BCUT2D eigenvalue weighted by Crippen LogP contribution is -2.16. The Kier molecular flexibility index (Phi) is 6.29. The van der Waals surface area contributed by atoms with Crippen LogP contribution < -0.4 is 10.5 Å². The summed E-state index contributed by atoms with van der Waals surface area (Å²) < 4.78 is 23.2. The van der Waals surface area contributed by atoms with Gasteiger partial charge in [0.1, 0.15) is 0 Å². The van der Waals surface area contributed by atoms with Crippen LogP contribution in [0.2, 0.25) is 0 Å². The van der Waals surface area contributed by atoms with E-state index in [1.54, 1.807) is 6.07 Å². The van der Waals surface area contributed by atoms with Gasteiger partial charge in [0.2, 0.25) is 10.0 Å². The number of hydrogen-bond donors (Lipinski definition) is 2. The van der Waals surface area contributed by atoms with Crippen LogP contribution in [0.1, 0.15) is 39.5 Å². The van der Waals surface area contributed by atoms with Crippen LogP contribution in [0.5, 0.6) is 0 Å². The molecule has 0 amide bonds. The normalized spacial score (nSPS) is 13.3. The second-order valence-corrected chi connectivity index (χ2v) is 7.14. The molecule has 19 heavy (non-hydrogen) atoms. The maximum Gasteiger partial charge on any atom is 0.238 e. The molecule has 0 aliphatic carbocycles. The average molecular weight is 349 g/mol. The molecule has 1 aromatic rings. The topological polar surface area (TPSA) is 72.2 Å². The molecule has 0 bridgehead atoms. The molecule has 1 aromatic carbocycles. The number of anilines is 1. The lowest BCUT2D eigenvalue weighted by atomic mass is 10.1. The minimum atomic E-state index is -3.65. The first-order valence-corrected chi connectivity index (χ1v) is 8.77. The fourth-order valence-corrected chi connectivity index (χ4v) is 3.01. The third-order valence-corrected chi connectivity index (χ3v) is 4.48. The van der Waals surface area contributed by atoms with E-state index in [0.717, 1.165) is 12.1 Å². The van der Waals surface area contributed by atoms with Crippen molar-refractivity contribution in [3.8, 4) is 0 Å². The fourth-order valence-electron chi connectivity index (χ4n) is 1.83. The monoisotopic (exact) mass is 348 g/mol. The Labute approximate surface area is 124 Å². The number of nitrogens with one attached hydrogen (secondary N) is 1. The maximum atomic E-state index is 11.2. The van der Waals surface area contributed by atoms with Gasteiger partial charge in [0.25, 0.3) is 0 Å². The highest BCUT2D eigenvalue weighted by Gasteiger charge is 2.11. The van der Waals surface area contributed by atoms with Gasteiger partial charge in [0.15, 0.2) is 0 Å². The summed E-state index contributed by atoms with van der Waals surface area (Å²) in [6, 6.07) is 5.13. The van der Waals surface area contributed by atoms with Gasteiger partial charge in [-0.05, 0) is 47.5 Å². The molecule has 0 fully saturated rings. The van der Waals surface area contributed by atoms with Gasteiger partial charge in [-0.1, -0.05) is 26.2 Å². The van der Waals surface area contributed by atoms with Gasteiger partial charge in [-0.15, -0.1) is 0 Å². The summed E-state index contributed by atoms with van der Waals surface area (Å²) in [5.74, 6) is 0. The van der Waals surface area contributed by atoms with E-state index in [4.69, 9.17) is 5.14 Å². The van der Waals surface area contributed by atoms with Crippen LogP contribution in [0.25, 0.3) is 0 Å². The highest BCUT2D eigenvalue weighted by atomic mass is 79.9. The van der Waals surface area contributed by atoms with Crippen LogP contribution in [0.4, 0.5) is 5.69 Å². The summed E-state index contributed by atoms with van der Waals surface area (Å²) in [5, 5.41) is 8.45. The molecule has 1 atom stereocenters. The Bertz CT molecular complexity index is 517. The molecule has 0 saturated carbocycles. The molecule has 0 aliphatic heterocycles. The highest BCUT2D eigenvalue weighted by Crippen LogP contribution is 2.26. The molecule has 4 nitrogen and oxygen atoms in total. The summed E-state index contributed by atoms with van der Waals surface area (Å²) in [6.07, 6.45) is 4.73. The Hall–Kier alpha value is -0.590. The number of nitrogens with two attached hydrogens (primary N) is 1. The van der Waals surface area contributed by atoms with Gasteiger partial charge in [0.05, 0.1) is 4.90 Å². The lowest BCUT2D eigenvalue weighted by molar-refractivity contribution is 0.597. The number of benzene rings is 1. The molecule has 1 rings (SSSR count). The van der Waals surface area contributed by atoms with E-state index in [2.05, 4.69) is 35.1 Å². The van der Waals surface area contributed by atoms with E-state index in [1.165, 1.54) is 31.4 Å². The molecule has 6 heteroatoms. The first kappa shape index (κ1) is 16.5. The zero-order valence-corrected chi connectivity index (χ0v) is 13.7. The van der Waals surface area contributed by atoms with E-state index in [1.807, 2.05) is 0 Å². The summed E-state index contributed by atoms with van der Waals surface area (Å²) >= 11 is 3.37. The predicted octanol–water partition coefficient (Wildman–Crippen LogP) is 3.48. The van der Waals surface area contributed by atoms with Crippen LogP contribution >= 0.6 is 15.9 Å². The molecule has 0 heterocycles. The van der Waals surface area contributed by atoms with Gasteiger partial charge in [-0.25, -0.2) is 13.6 Å². The van der Waals surface area contributed by atoms with Crippen LogP contribution in [0.15, 0.2) is 27.6 Å². The minimum absolute atomic E-state index is 0.114. The summed E-state index contributed by atoms with van der Waals surface area (Å²) in [5.41, 5.74) is 0.886. The molecular formula is C13H21BrN2O2S. The van der Waals surface area contributed by atoms with Gasteiger partial charge in [-0.2, -0.15) is 0 Å². The van der Waals surface area contributed by atoms with Gasteiger partial charge < -0.3 is 5.32 Å². The van der Waals surface area contributed by atoms with Crippen molar-refractivity contribution in [3.63, 3.8) is 0 Å². The largest absolute Gasteiger partial charge is 0.382 e. The minimum Gasteiger partial charge on any atom is -0.382 e. The molecule has 0 saturated heterocycles. The number of rotatable bonds is 7. The van der Waals surface area contributed by atoms with Crippen molar-refractivity contribution >= 4 is 31.6 Å². The number of unbranched alkanes of at least 4 members (excludes halogenated alkanes) is 2. The van der Waals surface area contributed by atoms with Crippen LogP contribution in [0.3, 0.4) is 0 Å². The van der Waals surface area contributed by atoms with Crippen molar-refractivity contribution in [2.24, 2.45) is 5.14 Å². The lowest BCUT2D eigenvalue weighted by Gasteiger charge is -2.16. The third kappa shape index (κ3) is 5.50. The van der Waals surface area contributed by atoms with Crippen molar-refractivity contribution in [1.29, 1.82) is 0 Å². The smallest absolute Gasteiger partial charge is 0.238 e. The molecule has 0 aliphatic rings. The van der Waals surface area contributed by atoms with E-state index in [-0.39, 0.29) is 4.90 Å². The molecule has 0 aromatic heterocycles. The Morgan fingerprint density at radius 2 is 2.05 bits per heavy atom. The van der Waals surface area contributed by atoms with Crippen molar-refractivity contribution < 1.29 is 8.42 Å². The fraction of sp³-hybridized carbons (Fsp3) is 0.538. The molecule has 0 radical (unpaired) electrons. The molecule has 0 spiro atoms. The molecule has 3 N–H and O–H groups in total. The predicted molar refractivity (Wildman–Crippen MR) is 82.7 cm³/mol. The Morgan fingerprint density at radius 1 is 1.37 bits per heavy atom.